The Morgan fingerprint density at radius 3 is 1.38 bits per heavy atom. The molecule has 5 rings (SSSR count). The van der Waals surface area contributed by atoms with Gasteiger partial charge in [0, 0.05) is 34.4 Å². The minimum absolute atomic E-state index is 0.139. The zero-order valence-corrected chi connectivity index (χ0v) is 16.5. The van der Waals surface area contributed by atoms with Gasteiger partial charge in [-0.05, 0) is 23.3 Å². The molecule has 0 fully saturated rings. The van der Waals surface area contributed by atoms with Gasteiger partial charge in [-0.2, -0.15) is 0 Å². The number of halogens is 4. The van der Waals surface area contributed by atoms with Gasteiger partial charge in [0.2, 0.25) is 0 Å². The van der Waals surface area contributed by atoms with E-state index in [1.807, 2.05) is 0 Å². The van der Waals surface area contributed by atoms with Crippen molar-refractivity contribution >= 4 is 11.1 Å². The average molecular weight is 452 g/mol. The highest BCUT2D eigenvalue weighted by atomic mass is 19.1. The fourth-order valence-electron chi connectivity index (χ4n) is 4.16. The van der Waals surface area contributed by atoms with Crippen molar-refractivity contribution in [2.45, 2.75) is 0 Å². The van der Waals surface area contributed by atoms with Crippen LogP contribution in [-0.4, -0.2) is 9.97 Å². The smallest absolute Gasteiger partial charge is 0.244 e. The maximum atomic E-state index is 14.9. The first-order valence-electron chi connectivity index (χ1n) is 9.30. The minimum atomic E-state index is -1.05. The predicted molar refractivity (Wildman–Crippen MR) is 109 cm³/mol. The second-order valence-electron chi connectivity index (χ2n) is 7.13. The van der Waals surface area contributed by atoms with Crippen molar-refractivity contribution in [2.75, 3.05) is 0 Å². The summed E-state index contributed by atoms with van der Waals surface area (Å²) in [4.78, 5) is 14.9. The summed E-state index contributed by atoms with van der Waals surface area (Å²) in [6, 6.07) is 6.34. The van der Waals surface area contributed by atoms with Crippen LogP contribution in [0.1, 0.15) is 22.5 Å². The molecule has 0 unspecified atom stereocenters. The lowest BCUT2D eigenvalue weighted by atomic mass is 10.0. The number of allylic oxidation sites excluding steroid dienone is 2. The molecule has 2 aromatic carbocycles. The number of aromatic nitrogens is 2. The third-order valence-corrected chi connectivity index (χ3v) is 5.40. The van der Waals surface area contributed by atoms with E-state index >= 15 is 0 Å². The van der Waals surface area contributed by atoms with Gasteiger partial charge in [-0.15, -0.1) is 0 Å². The summed E-state index contributed by atoms with van der Waals surface area (Å²) in [5, 5.41) is 18.9. The van der Waals surface area contributed by atoms with Crippen LogP contribution < -0.4 is 0 Å². The Morgan fingerprint density at radius 2 is 1.06 bits per heavy atom. The van der Waals surface area contributed by atoms with E-state index in [4.69, 9.17) is 13.1 Å². The van der Waals surface area contributed by atoms with Crippen LogP contribution in [0.4, 0.5) is 17.6 Å². The first kappa shape index (κ1) is 20.6. The second-order valence-corrected chi connectivity index (χ2v) is 7.13. The second kappa shape index (κ2) is 7.10. The van der Waals surface area contributed by atoms with Crippen LogP contribution in [0, 0.1) is 59.1 Å². The monoisotopic (exact) mass is 452 g/mol. The third-order valence-electron chi connectivity index (χ3n) is 5.40. The molecule has 2 aliphatic carbocycles. The minimum Gasteiger partial charge on any atom is -0.244 e. The zero-order valence-electron chi connectivity index (χ0n) is 16.5. The van der Waals surface area contributed by atoms with Gasteiger partial charge in [0.05, 0.1) is 48.1 Å². The maximum absolute atomic E-state index is 14.9. The fourth-order valence-corrected chi connectivity index (χ4v) is 4.16. The molecule has 0 amide bonds. The summed E-state index contributed by atoms with van der Waals surface area (Å²) in [7, 11) is 0. The molecular weight excluding hydrogens is 448 g/mol. The van der Waals surface area contributed by atoms with Crippen LogP contribution in [0.3, 0.4) is 0 Å². The highest BCUT2D eigenvalue weighted by Crippen LogP contribution is 2.51. The van der Waals surface area contributed by atoms with Gasteiger partial charge in [0.15, 0.2) is 0 Å². The fraction of sp³-hybridized carbons (Fsp3) is 0. The van der Waals surface area contributed by atoms with Crippen molar-refractivity contribution in [2.24, 2.45) is 0 Å². The summed E-state index contributed by atoms with van der Waals surface area (Å²) in [5.74, 6) is -4.04. The van der Waals surface area contributed by atoms with E-state index < -0.39 is 34.7 Å². The van der Waals surface area contributed by atoms with E-state index in [2.05, 4.69) is 19.7 Å². The van der Waals surface area contributed by atoms with Crippen molar-refractivity contribution in [3.8, 4) is 34.7 Å². The molecule has 158 valence electrons. The molecule has 0 atom stereocenters. The molecule has 0 saturated heterocycles. The molecule has 0 radical (unpaired) electrons. The molecule has 10 heteroatoms. The number of nitrogens with zero attached hydrogens (tertiary/aromatic N) is 6. The van der Waals surface area contributed by atoms with Crippen LogP contribution in [0.2, 0.25) is 0 Å². The van der Waals surface area contributed by atoms with Gasteiger partial charge in [-0.3, -0.25) is 0 Å². The van der Waals surface area contributed by atoms with Crippen LogP contribution in [0.25, 0.3) is 43.4 Å². The molecule has 0 N–H and O–H groups in total. The molecule has 1 heterocycles. The summed E-state index contributed by atoms with van der Waals surface area (Å²) in [6.07, 6.45) is 0. The van der Waals surface area contributed by atoms with Crippen molar-refractivity contribution in [1.82, 2.24) is 9.97 Å². The Balaban J connectivity index is 1.99. The maximum Gasteiger partial charge on any atom is 0.271 e. The first-order chi connectivity index (χ1) is 16.3. The largest absolute Gasteiger partial charge is 0.271 e. The standard InChI is InChI=1S/C24H4F4N6/c1-31-15(7-29)19-11-3-9(25)5-13(27)17(11)21-23(19)33-22-18-12(4-10(26)6-14(18)28)20(24(22)34-21)16(8-30)32-2/h3-6H/b19-15-,20-16+. The SMILES string of the molecule is [C-]#[N+]/C(C#N)=C1/c2cc(F)cc(F)c2-c2nc3c(nc21)-c1c(F)cc(F)cc1/C3=C(/C#N)[N+]#[C-]. The summed E-state index contributed by atoms with van der Waals surface area (Å²) < 4.78 is 57.9. The Bertz CT molecular complexity index is 1580. The normalized spacial score (nSPS) is 15.1. The number of benzene rings is 2. The third kappa shape index (κ3) is 2.57. The Labute approximate surface area is 188 Å². The molecule has 0 saturated carbocycles. The van der Waals surface area contributed by atoms with E-state index in [0.717, 1.165) is 12.1 Å². The van der Waals surface area contributed by atoms with Crippen molar-refractivity contribution < 1.29 is 17.6 Å². The van der Waals surface area contributed by atoms with Gasteiger partial charge >= 0.3 is 0 Å². The van der Waals surface area contributed by atoms with Crippen molar-refractivity contribution in [3.63, 3.8) is 0 Å². The lowest BCUT2D eigenvalue weighted by Gasteiger charge is -2.07. The number of nitriles is 2. The molecule has 34 heavy (non-hydrogen) atoms. The quantitative estimate of drug-likeness (QED) is 0.179. The van der Waals surface area contributed by atoms with E-state index in [0.29, 0.717) is 12.1 Å². The predicted octanol–water partition coefficient (Wildman–Crippen LogP) is 5.40. The van der Waals surface area contributed by atoms with Crippen LogP contribution in [0.15, 0.2) is 35.7 Å². The number of hydrogen-bond donors (Lipinski definition) is 0. The summed E-state index contributed by atoms with van der Waals surface area (Å²) in [6.45, 7) is 14.6. The Hall–Kier alpha value is -5.32. The van der Waals surface area contributed by atoms with E-state index in [1.165, 1.54) is 0 Å². The molecule has 6 nitrogen and oxygen atoms in total. The molecular formula is C24H4F4N6. The molecule has 0 spiro atoms. The summed E-state index contributed by atoms with van der Waals surface area (Å²) >= 11 is 0. The van der Waals surface area contributed by atoms with Gasteiger partial charge in [0.25, 0.3) is 11.4 Å². The van der Waals surface area contributed by atoms with Gasteiger partial charge in [-0.1, -0.05) is 0 Å². The van der Waals surface area contributed by atoms with Gasteiger partial charge < -0.3 is 0 Å². The van der Waals surface area contributed by atoms with Crippen LogP contribution >= 0.6 is 0 Å². The highest BCUT2D eigenvalue weighted by Gasteiger charge is 2.39. The first-order valence-corrected chi connectivity index (χ1v) is 9.30. The lowest BCUT2D eigenvalue weighted by Crippen LogP contribution is -1.99. The molecule has 1 aromatic heterocycles. The van der Waals surface area contributed by atoms with Crippen molar-refractivity contribution in [3.05, 3.63) is 104 Å². The Kier molecular flexibility index (Phi) is 4.30. The lowest BCUT2D eigenvalue weighted by molar-refractivity contribution is 0.584. The Morgan fingerprint density at radius 1 is 0.676 bits per heavy atom. The highest BCUT2D eigenvalue weighted by molar-refractivity contribution is 6.06. The molecule has 2 aliphatic rings. The van der Waals surface area contributed by atoms with Gasteiger partial charge in [0.1, 0.15) is 23.3 Å². The van der Waals surface area contributed by atoms with E-state index in [9.17, 15) is 28.1 Å². The number of rotatable bonds is 0. The zero-order chi connectivity index (χ0) is 24.3. The molecule has 0 bridgehead atoms. The molecule has 3 aromatic rings. The van der Waals surface area contributed by atoms with E-state index in [-0.39, 0.29) is 56.2 Å². The van der Waals surface area contributed by atoms with Crippen LogP contribution in [-0.2, 0) is 0 Å². The average Bonchev–Trinajstić information content (AvgIpc) is 3.27. The summed E-state index contributed by atoms with van der Waals surface area (Å²) in [5.41, 5.74) is -2.93. The van der Waals surface area contributed by atoms with Crippen molar-refractivity contribution in [1.29, 1.82) is 10.5 Å². The van der Waals surface area contributed by atoms with E-state index in [1.54, 1.807) is 12.1 Å². The molecule has 0 aliphatic heterocycles. The number of hydrogen-bond acceptors (Lipinski definition) is 4. The van der Waals surface area contributed by atoms with Crippen LogP contribution in [0.5, 0.6) is 0 Å². The van der Waals surface area contributed by atoms with Gasteiger partial charge in [-0.25, -0.2) is 47.7 Å². The topological polar surface area (TPSA) is 82.1 Å². The number of fused-ring (bicyclic) bond motifs is 6.